The van der Waals surface area contributed by atoms with E-state index in [4.69, 9.17) is 37.0 Å². The van der Waals surface area contributed by atoms with Crippen LogP contribution in [-0.2, 0) is 76.1 Å². The van der Waals surface area contributed by atoms with E-state index in [1.807, 2.05) is 27.7 Å². The molecular weight excluding hydrogens is 1170 g/mol. The summed E-state index contributed by atoms with van der Waals surface area (Å²) in [7, 11) is 0. The quantitative estimate of drug-likeness (QED) is 0.103. The number of benzene rings is 2. The van der Waals surface area contributed by atoms with Crippen LogP contribution >= 0.6 is 23.5 Å². The number of ketones is 2. The topological polar surface area (TPSA) is 271 Å². The molecule has 4 atom stereocenters. The largest absolute Gasteiger partial charge is 0.464 e. The molecule has 24 nitrogen and oxygen atoms in total. The molecule has 4 aliphatic heterocycles. The summed E-state index contributed by atoms with van der Waals surface area (Å²) in [5, 5.41) is 3.32. The minimum Gasteiger partial charge on any atom is -0.464 e. The third kappa shape index (κ3) is 20.0. The van der Waals surface area contributed by atoms with Crippen LogP contribution in [-0.4, -0.2) is 195 Å². The Hall–Kier alpha value is -7.24. The van der Waals surface area contributed by atoms with Gasteiger partial charge in [-0.1, -0.05) is 24.3 Å². The summed E-state index contributed by atoms with van der Waals surface area (Å²) in [6, 6.07) is 19.7. The van der Waals surface area contributed by atoms with Crippen molar-refractivity contribution >= 4 is 97.1 Å². The maximum atomic E-state index is 13.5. The number of hydrogen-bond acceptors (Lipinski definition) is 24. The van der Waals surface area contributed by atoms with E-state index in [2.05, 4.69) is 35.0 Å². The van der Waals surface area contributed by atoms with Gasteiger partial charge in [0.2, 0.25) is 11.8 Å². The third-order valence-electron chi connectivity index (χ3n) is 13.8. The van der Waals surface area contributed by atoms with Crippen molar-refractivity contribution in [1.82, 2.24) is 39.7 Å². The first-order chi connectivity index (χ1) is 40.3. The molecule has 4 saturated heterocycles. The lowest BCUT2D eigenvalue weighted by atomic mass is 9.93. The zero-order valence-electron chi connectivity index (χ0n) is 47.3. The van der Waals surface area contributed by atoms with Gasteiger partial charge in [-0.25, -0.2) is 9.59 Å². The molecule has 0 saturated carbocycles. The average Bonchev–Trinajstić information content (AvgIpc) is 4.21. The van der Waals surface area contributed by atoms with E-state index >= 15 is 0 Å². The Morgan fingerprint density at radius 1 is 0.536 bits per heavy atom. The third-order valence-corrected chi connectivity index (χ3v) is 16.6. The molecule has 0 aliphatic carbocycles. The molecule has 2 aromatic heterocycles. The molecule has 0 N–H and O–H groups in total. The van der Waals surface area contributed by atoms with Crippen LogP contribution in [0.2, 0.25) is 0 Å². The molecule has 2 aromatic carbocycles. The van der Waals surface area contributed by atoms with Gasteiger partial charge in [0.15, 0.2) is 48.1 Å². The molecule has 0 bridgehead atoms. The van der Waals surface area contributed by atoms with Crippen LogP contribution in [0.5, 0.6) is 23.0 Å². The molecule has 84 heavy (non-hydrogen) atoms. The van der Waals surface area contributed by atoms with E-state index in [0.29, 0.717) is 113 Å². The summed E-state index contributed by atoms with van der Waals surface area (Å²) < 4.78 is 36.4. The number of aromatic nitrogens is 2. The van der Waals surface area contributed by atoms with Crippen molar-refractivity contribution in [3.05, 3.63) is 109 Å². The lowest BCUT2D eigenvalue weighted by molar-refractivity contribution is -0.145. The van der Waals surface area contributed by atoms with Gasteiger partial charge in [0.1, 0.15) is 35.8 Å². The van der Waals surface area contributed by atoms with Crippen LogP contribution in [0, 0.1) is 0 Å². The number of Topliss-reactive ketones (excluding diaryl/α,β-unsaturated/α-hetero) is 2. The van der Waals surface area contributed by atoms with Gasteiger partial charge in [-0.05, 0) is 87.4 Å². The van der Waals surface area contributed by atoms with E-state index in [-0.39, 0.29) is 36.2 Å². The smallest absolute Gasteiger partial charge is 0.415 e. The van der Waals surface area contributed by atoms with Crippen LogP contribution in [0.4, 0.5) is 9.59 Å². The molecule has 0 spiro atoms. The summed E-state index contributed by atoms with van der Waals surface area (Å²) in [6.07, 6.45) is 4.85. The first kappa shape index (κ1) is 67.5. The maximum absolute atomic E-state index is 13.5. The fraction of sp³-hybridized carbons (Fsp3) is 0.464. The minimum atomic E-state index is -0.669. The van der Waals surface area contributed by atoms with E-state index < -0.39 is 46.0 Å². The monoisotopic (exact) mass is 1240 g/mol. The summed E-state index contributed by atoms with van der Waals surface area (Å²) >= 11 is 8.89. The Labute approximate surface area is 506 Å². The van der Waals surface area contributed by atoms with Gasteiger partial charge in [0.05, 0.1) is 24.1 Å². The van der Waals surface area contributed by atoms with Crippen LogP contribution < -0.4 is 19.1 Å². The normalized spacial score (nSPS) is 18.7. The van der Waals surface area contributed by atoms with E-state index in [1.54, 1.807) is 151 Å². The number of carbonyl (C=O) groups excluding carboxylic acids is 8. The highest BCUT2D eigenvalue weighted by molar-refractivity contribution is 8.01. The van der Waals surface area contributed by atoms with Crippen molar-refractivity contribution in [2.24, 2.45) is 0 Å². The second-order valence-electron chi connectivity index (χ2n) is 20.4. The van der Waals surface area contributed by atoms with E-state index in [9.17, 15) is 38.4 Å². The van der Waals surface area contributed by atoms with Crippen molar-refractivity contribution in [2.75, 3.05) is 64.1 Å². The highest BCUT2D eigenvalue weighted by Crippen LogP contribution is 2.42. The number of nitrogens with zero attached hydrogens (tertiary/aromatic N) is 8. The van der Waals surface area contributed by atoms with Gasteiger partial charge >= 0.3 is 12.2 Å². The molecule has 4 aliphatic rings. The summed E-state index contributed by atoms with van der Waals surface area (Å²) in [5.74, 6) is 2.62. The average molecular weight is 1240 g/mol. The van der Waals surface area contributed by atoms with E-state index in [1.165, 1.54) is 13.8 Å². The lowest BCUT2D eigenvalue weighted by Gasteiger charge is -2.33. The van der Waals surface area contributed by atoms with Crippen LogP contribution in [0.3, 0.4) is 0 Å². The number of piperazine rings is 2. The zero-order chi connectivity index (χ0) is 61.4. The number of pyridine rings is 2. The summed E-state index contributed by atoms with van der Waals surface area (Å²) in [5.41, 5.74) is 1.64. The van der Waals surface area contributed by atoms with Crippen LogP contribution in [0.15, 0.2) is 97.6 Å². The number of thioether (sulfide) groups is 2. The lowest BCUT2D eigenvalue weighted by Crippen LogP contribution is -2.50. The van der Waals surface area contributed by atoms with Crippen molar-refractivity contribution < 1.29 is 75.4 Å². The van der Waals surface area contributed by atoms with Gasteiger partial charge in [-0.15, -0.1) is 33.7 Å². The number of hydroxylamine groups is 4. The summed E-state index contributed by atoms with van der Waals surface area (Å²) in [4.78, 5) is 124. The molecule has 4 aromatic rings. The SMILES string of the molecule is CC(=O)N1CCN(C(=O)Oc2ccc(C[C@H](CC(=O)[C@H]3N(Oc4cccnc4)CSC3(C)C)OC=O)cc2)CC1.CC(=O)N1CCN(C(=O)Oc2ccc(C[C@H](CC(=O)[C@H]3N(Oc4cccnc4)CSC3(C)C)OC=O)cc2)CC1.O=S.O=S. The Kier molecular flexibility index (Phi) is 26.8. The summed E-state index contributed by atoms with van der Waals surface area (Å²) in [6.45, 7) is 15.3. The van der Waals surface area contributed by atoms with Crippen molar-refractivity contribution in [2.45, 2.75) is 101 Å². The number of amides is 4. The predicted molar refractivity (Wildman–Crippen MR) is 311 cm³/mol. The molecule has 4 fully saturated rings. The highest BCUT2D eigenvalue weighted by Gasteiger charge is 2.49. The van der Waals surface area contributed by atoms with Gasteiger partial charge in [-0.2, -0.15) is 8.42 Å². The fourth-order valence-electron chi connectivity index (χ4n) is 9.61. The molecule has 6 heterocycles. The van der Waals surface area contributed by atoms with Gasteiger partial charge < -0.3 is 48.2 Å². The van der Waals surface area contributed by atoms with Crippen molar-refractivity contribution in [3.63, 3.8) is 0 Å². The second kappa shape index (κ2) is 33.3. The van der Waals surface area contributed by atoms with Crippen LogP contribution in [0.1, 0.15) is 65.5 Å². The number of ether oxygens (including phenoxy) is 4. The zero-order valence-corrected chi connectivity index (χ0v) is 50.6. The molecular formula is C56H68N8O16S4. The minimum absolute atomic E-state index is 0.0107. The molecule has 452 valence electrons. The number of hydrogen-bond donors (Lipinski definition) is 0. The number of rotatable bonds is 20. The highest BCUT2D eigenvalue weighted by atomic mass is 32.2. The van der Waals surface area contributed by atoms with Gasteiger partial charge in [0, 0.05) is 114 Å². The number of carbonyl (C=O) groups is 8. The standard InChI is InChI=1S/2C28H34N4O7S.2OS/c2*1-20(34)30-11-13-31(14-12-30)27(36)38-22-8-6-21(7-9-22)15-24(37-19-33)16-25(35)26-28(2,3)40-18-32(26)39-23-5-4-10-29-17-23;2*1-2/h2*4-10,17,19,24,26H,11-16,18H2,1-3H3;;/t2*24-,26-;;/m11../s1. The van der Waals surface area contributed by atoms with Crippen molar-refractivity contribution in [3.8, 4) is 23.0 Å². The van der Waals surface area contributed by atoms with E-state index in [0.717, 1.165) is 11.1 Å². The fourth-order valence-corrected chi connectivity index (χ4v) is 11.7. The van der Waals surface area contributed by atoms with Gasteiger partial charge in [-0.3, -0.25) is 38.7 Å². The second-order valence-corrected chi connectivity index (χ2v) is 23.6. The Morgan fingerprint density at radius 2 is 0.869 bits per heavy atom. The maximum Gasteiger partial charge on any atom is 0.415 e. The van der Waals surface area contributed by atoms with Crippen LogP contribution in [0.25, 0.3) is 0 Å². The Bertz CT molecular complexity index is 2610. The first-order valence-electron chi connectivity index (χ1n) is 26.5. The first-order valence-corrected chi connectivity index (χ1v) is 29.1. The van der Waals surface area contributed by atoms with Crippen molar-refractivity contribution in [1.29, 1.82) is 0 Å². The predicted octanol–water partition coefficient (Wildman–Crippen LogP) is 5.20. The Morgan fingerprint density at radius 3 is 1.17 bits per heavy atom. The molecule has 0 unspecified atom stereocenters. The molecule has 4 amide bonds. The Balaban J connectivity index is 0.000000290. The molecule has 28 heteroatoms. The van der Waals surface area contributed by atoms with Gasteiger partial charge in [0.25, 0.3) is 12.9 Å². The molecule has 8 rings (SSSR count). The molecule has 0 radical (unpaired) electrons.